The number of benzene rings is 1. The molecule has 6 heteroatoms. The molecule has 0 saturated carbocycles. The fourth-order valence-corrected chi connectivity index (χ4v) is 2.56. The van der Waals surface area contributed by atoms with Crippen molar-refractivity contribution in [2.24, 2.45) is 11.7 Å². The normalized spacial score (nSPS) is 18.0. The first kappa shape index (κ1) is 18.0. The minimum atomic E-state index is 0. The van der Waals surface area contributed by atoms with Crippen LogP contribution in [-0.4, -0.2) is 29.5 Å². The molecule has 4 nitrogen and oxygen atoms in total. The zero-order chi connectivity index (χ0) is 13.1. The van der Waals surface area contributed by atoms with Crippen LogP contribution in [0.5, 0.6) is 0 Å². The highest BCUT2D eigenvalue weighted by molar-refractivity contribution is 5.85. The number of hydrogen-bond acceptors (Lipinski definition) is 4. The summed E-state index contributed by atoms with van der Waals surface area (Å²) in [6.45, 7) is 3.70. The minimum absolute atomic E-state index is 0. The van der Waals surface area contributed by atoms with Crippen molar-refractivity contribution < 1.29 is 4.42 Å². The van der Waals surface area contributed by atoms with Gasteiger partial charge in [0.1, 0.15) is 0 Å². The summed E-state index contributed by atoms with van der Waals surface area (Å²) in [6, 6.07) is 10.1. The Balaban J connectivity index is 0.00000110. The molecule has 0 spiro atoms. The third-order valence-corrected chi connectivity index (χ3v) is 3.67. The van der Waals surface area contributed by atoms with Crippen LogP contribution in [0.3, 0.4) is 0 Å². The molecule has 2 N–H and O–H groups in total. The van der Waals surface area contributed by atoms with Crippen molar-refractivity contribution in [2.45, 2.75) is 13.0 Å². The zero-order valence-electron chi connectivity index (χ0n) is 11.8. The maximum absolute atomic E-state index is 5.82. The first-order valence-corrected chi connectivity index (χ1v) is 6.77. The Labute approximate surface area is 137 Å². The summed E-state index contributed by atoms with van der Waals surface area (Å²) in [7, 11) is 0. The van der Waals surface area contributed by atoms with Gasteiger partial charge < -0.3 is 10.2 Å². The summed E-state index contributed by atoms with van der Waals surface area (Å²) in [5, 5.41) is 0. The summed E-state index contributed by atoms with van der Waals surface area (Å²) in [4.78, 5) is 6.73. The van der Waals surface area contributed by atoms with Gasteiger partial charge in [-0.25, -0.2) is 4.98 Å². The molecular formula is C15H21Cl2N3O. The van der Waals surface area contributed by atoms with Crippen LogP contribution in [0.4, 0.5) is 0 Å². The molecule has 2 aromatic rings. The second kappa shape index (κ2) is 8.39. The molecule has 21 heavy (non-hydrogen) atoms. The van der Waals surface area contributed by atoms with Crippen LogP contribution in [-0.2, 0) is 6.54 Å². The molecule has 1 aliphatic rings. The van der Waals surface area contributed by atoms with Crippen LogP contribution in [0, 0.1) is 5.92 Å². The SMILES string of the molecule is Cl.Cl.NCC1CCN(Cc2ncc(-c3ccccc3)o2)C1. The topological polar surface area (TPSA) is 55.3 Å². The van der Waals surface area contributed by atoms with E-state index in [0.717, 1.165) is 43.4 Å². The smallest absolute Gasteiger partial charge is 0.209 e. The van der Waals surface area contributed by atoms with Crippen LogP contribution < -0.4 is 5.73 Å². The van der Waals surface area contributed by atoms with E-state index in [2.05, 4.69) is 9.88 Å². The number of oxazole rings is 1. The Morgan fingerprint density at radius 2 is 2.00 bits per heavy atom. The molecule has 3 rings (SSSR count). The third-order valence-electron chi connectivity index (χ3n) is 3.67. The molecule has 1 saturated heterocycles. The first-order valence-electron chi connectivity index (χ1n) is 6.77. The maximum atomic E-state index is 5.82. The lowest BCUT2D eigenvalue weighted by molar-refractivity contribution is 0.282. The second-order valence-electron chi connectivity index (χ2n) is 5.11. The lowest BCUT2D eigenvalue weighted by Crippen LogP contribution is -2.22. The predicted octanol–water partition coefficient (Wildman–Crippen LogP) is 2.97. The van der Waals surface area contributed by atoms with Gasteiger partial charge in [0.25, 0.3) is 0 Å². The van der Waals surface area contributed by atoms with Crippen molar-refractivity contribution in [2.75, 3.05) is 19.6 Å². The van der Waals surface area contributed by atoms with E-state index < -0.39 is 0 Å². The van der Waals surface area contributed by atoms with E-state index in [0.29, 0.717) is 5.92 Å². The van der Waals surface area contributed by atoms with Crippen molar-refractivity contribution >= 4 is 24.8 Å². The van der Waals surface area contributed by atoms with Gasteiger partial charge in [0.2, 0.25) is 5.89 Å². The quantitative estimate of drug-likeness (QED) is 0.936. The number of hydrogen-bond donors (Lipinski definition) is 1. The fourth-order valence-electron chi connectivity index (χ4n) is 2.56. The van der Waals surface area contributed by atoms with Crippen LogP contribution >= 0.6 is 24.8 Å². The average molecular weight is 330 g/mol. The van der Waals surface area contributed by atoms with Crippen LogP contribution in [0.25, 0.3) is 11.3 Å². The monoisotopic (exact) mass is 329 g/mol. The third kappa shape index (κ3) is 4.45. The van der Waals surface area contributed by atoms with Gasteiger partial charge in [-0.05, 0) is 25.4 Å². The summed E-state index contributed by atoms with van der Waals surface area (Å²) in [6.07, 6.45) is 2.99. The van der Waals surface area contributed by atoms with Crippen LogP contribution in [0.15, 0.2) is 40.9 Å². The maximum Gasteiger partial charge on any atom is 0.209 e. The van der Waals surface area contributed by atoms with Crippen molar-refractivity contribution in [1.82, 2.24) is 9.88 Å². The largest absolute Gasteiger partial charge is 0.439 e. The molecular weight excluding hydrogens is 309 g/mol. The van der Waals surface area contributed by atoms with Gasteiger partial charge in [-0.3, -0.25) is 4.90 Å². The molecule has 1 aromatic carbocycles. The highest BCUT2D eigenvalue weighted by Crippen LogP contribution is 2.22. The molecule has 0 bridgehead atoms. The molecule has 1 aromatic heterocycles. The van der Waals surface area contributed by atoms with Crippen LogP contribution in [0.1, 0.15) is 12.3 Å². The van der Waals surface area contributed by atoms with Gasteiger partial charge in [-0.2, -0.15) is 0 Å². The van der Waals surface area contributed by atoms with Crippen molar-refractivity contribution in [1.29, 1.82) is 0 Å². The molecule has 0 radical (unpaired) electrons. The zero-order valence-corrected chi connectivity index (χ0v) is 13.4. The molecule has 1 atom stereocenters. The van der Waals surface area contributed by atoms with Gasteiger partial charge >= 0.3 is 0 Å². The molecule has 2 heterocycles. The second-order valence-corrected chi connectivity index (χ2v) is 5.11. The van der Waals surface area contributed by atoms with Gasteiger partial charge in [-0.1, -0.05) is 30.3 Å². The van der Waals surface area contributed by atoms with E-state index in [4.69, 9.17) is 10.2 Å². The highest BCUT2D eigenvalue weighted by atomic mass is 35.5. The molecule has 1 aliphatic heterocycles. The minimum Gasteiger partial charge on any atom is -0.439 e. The van der Waals surface area contributed by atoms with E-state index in [-0.39, 0.29) is 24.8 Å². The summed E-state index contributed by atoms with van der Waals surface area (Å²) in [5.74, 6) is 2.25. The number of halogens is 2. The number of likely N-dealkylation sites (tertiary alicyclic amines) is 1. The van der Waals surface area contributed by atoms with Gasteiger partial charge in [0.05, 0.1) is 12.7 Å². The fraction of sp³-hybridized carbons (Fsp3) is 0.400. The molecule has 116 valence electrons. The average Bonchev–Trinajstić information content (AvgIpc) is 3.09. The number of nitrogens with zero attached hydrogens (tertiary/aromatic N) is 2. The van der Waals surface area contributed by atoms with E-state index in [9.17, 15) is 0 Å². The summed E-state index contributed by atoms with van der Waals surface area (Å²) in [5.41, 5.74) is 6.78. The van der Waals surface area contributed by atoms with Crippen molar-refractivity contribution in [3.8, 4) is 11.3 Å². The molecule has 0 aliphatic carbocycles. The standard InChI is InChI=1S/C15H19N3O.2ClH/c16-8-12-6-7-18(10-12)11-15-17-9-14(19-15)13-4-2-1-3-5-13;;/h1-5,9,12H,6-8,10-11,16H2;2*1H. The van der Waals surface area contributed by atoms with Crippen LogP contribution in [0.2, 0.25) is 0 Å². The molecule has 0 amide bonds. The van der Waals surface area contributed by atoms with E-state index >= 15 is 0 Å². The van der Waals surface area contributed by atoms with Gasteiger partial charge in [0, 0.05) is 12.1 Å². The van der Waals surface area contributed by atoms with E-state index in [1.165, 1.54) is 6.42 Å². The molecule has 1 fully saturated rings. The summed E-state index contributed by atoms with van der Waals surface area (Å²) < 4.78 is 5.82. The Kier molecular flexibility index (Phi) is 7.18. The Morgan fingerprint density at radius 3 is 2.67 bits per heavy atom. The Hall–Kier alpha value is -1.07. The van der Waals surface area contributed by atoms with Crippen molar-refractivity contribution in [3.05, 3.63) is 42.4 Å². The number of aromatic nitrogens is 1. The summed E-state index contributed by atoms with van der Waals surface area (Å²) >= 11 is 0. The van der Waals surface area contributed by atoms with Crippen molar-refractivity contribution in [3.63, 3.8) is 0 Å². The Morgan fingerprint density at radius 1 is 1.24 bits per heavy atom. The van der Waals surface area contributed by atoms with Gasteiger partial charge in [0.15, 0.2) is 5.76 Å². The first-order chi connectivity index (χ1) is 9.35. The van der Waals surface area contributed by atoms with E-state index in [1.54, 1.807) is 6.20 Å². The lowest BCUT2D eigenvalue weighted by atomic mass is 10.1. The Bertz CT molecular complexity index is 533. The van der Waals surface area contributed by atoms with E-state index in [1.807, 2.05) is 30.3 Å². The highest BCUT2D eigenvalue weighted by Gasteiger charge is 2.22. The molecule has 1 unspecified atom stereocenters. The predicted molar refractivity (Wildman–Crippen MR) is 88.9 cm³/mol. The van der Waals surface area contributed by atoms with Gasteiger partial charge in [-0.15, -0.1) is 24.8 Å². The lowest BCUT2D eigenvalue weighted by Gasteiger charge is -2.12. The number of rotatable bonds is 4. The number of nitrogens with two attached hydrogens (primary N) is 1.